The molecule has 0 aliphatic carbocycles. The molecule has 1 aliphatic heterocycles. The van der Waals surface area contributed by atoms with Crippen LogP contribution < -0.4 is 15.4 Å². The Morgan fingerprint density at radius 1 is 1.12 bits per heavy atom. The molecule has 1 saturated heterocycles. The third-order valence-corrected chi connectivity index (χ3v) is 7.84. The molecule has 0 spiro atoms. The standard InChI is InChI=1S/C31H32N6O4S/c1-19-8-7-9-22(16-19)33-28(38)13-15-35-30(29(34-31(35)42)25-10-5-6-14-32-25)24-17-20(2)36(21(24)3)26-12-11-23(41-4)18-27(26)37(39)40/h5-12,14,16-18,29-30H,13,15H2,1-4H3,(H,33,38)(H,34,42)/t29-,30-/m0/s1. The molecule has 4 aromatic rings. The summed E-state index contributed by atoms with van der Waals surface area (Å²) in [6.45, 7) is 6.20. The van der Waals surface area contributed by atoms with Crippen molar-refractivity contribution < 1.29 is 14.5 Å². The molecule has 2 aromatic carbocycles. The Morgan fingerprint density at radius 2 is 1.93 bits per heavy atom. The summed E-state index contributed by atoms with van der Waals surface area (Å²) in [5.41, 5.74) is 5.57. The van der Waals surface area contributed by atoms with Gasteiger partial charge in [0.05, 0.1) is 35.9 Å². The monoisotopic (exact) mass is 584 g/mol. The number of amides is 1. The fourth-order valence-corrected chi connectivity index (χ4v) is 5.91. The van der Waals surface area contributed by atoms with Gasteiger partial charge in [-0.25, -0.2) is 0 Å². The van der Waals surface area contributed by atoms with Gasteiger partial charge in [0.25, 0.3) is 5.69 Å². The zero-order chi connectivity index (χ0) is 30.0. The maximum Gasteiger partial charge on any atom is 0.296 e. The average molecular weight is 585 g/mol. The van der Waals surface area contributed by atoms with E-state index in [1.807, 2.05) is 78.8 Å². The van der Waals surface area contributed by atoms with Gasteiger partial charge in [0.15, 0.2) is 5.11 Å². The highest BCUT2D eigenvalue weighted by molar-refractivity contribution is 7.80. The smallest absolute Gasteiger partial charge is 0.296 e. The Bertz CT molecular complexity index is 1650. The highest BCUT2D eigenvalue weighted by atomic mass is 32.1. The first-order chi connectivity index (χ1) is 20.2. The van der Waals surface area contributed by atoms with Gasteiger partial charge in [-0.2, -0.15) is 0 Å². The fourth-order valence-electron chi connectivity index (χ4n) is 5.58. The van der Waals surface area contributed by atoms with Crippen LogP contribution in [0.1, 0.15) is 46.7 Å². The van der Waals surface area contributed by atoms with E-state index >= 15 is 0 Å². The van der Waals surface area contributed by atoms with Crippen molar-refractivity contribution in [1.29, 1.82) is 0 Å². The van der Waals surface area contributed by atoms with Crippen LogP contribution >= 0.6 is 12.2 Å². The summed E-state index contributed by atoms with van der Waals surface area (Å²) in [6.07, 6.45) is 1.95. The molecule has 42 heavy (non-hydrogen) atoms. The predicted octanol–water partition coefficient (Wildman–Crippen LogP) is 5.72. The van der Waals surface area contributed by atoms with Crippen molar-refractivity contribution in [2.75, 3.05) is 19.0 Å². The molecule has 216 valence electrons. The Morgan fingerprint density at radius 3 is 2.62 bits per heavy atom. The predicted molar refractivity (Wildman–Crippen MR) is 165 cm³/mol. The van der Waals surface area contributed by atoms with Gasteiger partial charge in [-0.3, -0.25) is 19.9 Å². The summed E-state index contributed by atoms with van der Waals surface area (Å²) in [6, 6.07) is 19.6. The Balaban J connectivity index is 1.52. The van der Waals surface area contributed by atoms with Crippen LogP contribution in [0.4, 0.5) is 11.4 Å². The number of hydrogen-bond donors (Lipinski definition) is 2. The zero-order valence-corrected chi connectivity index (χ0v) is 24.6. The van der Waals surface area contributed by atoms with Gasteiger partial charge >= 0.3 is 0 Å². The molecule has 0 unspecified atom stereocenters. The van der Waals surface area contributed by atoms with Crippen LogP contribution in [0.5, 0.6) is 5.75 Å². The van der Waals surface area contributed by atoms with Crippen molar-refractivity contribution in [3.63, 3.8) is 0 Å². The number of nitrogens with one attached hydrogen (secondary N) is 2. The average Bonchev–Trinajstić information content (AvgIpc) is 3.45. The summed E-state index contributed by atoms with van der Waals surface area (Å²) in [4.78, 5) is 31.2. The number of carbonyl (C=O) groups excluding carboxylic acids is 1. The molecule has 2 aromatic heterocycles. The number of aryl methyl sites for hydroxylation is 2. The number of rotatable bonds is 9. The van der Waals surface area contributed by atoms with E-state index in [2.05, 4.69) is 15.6 Å². The van der Waals surface area contributed by atoms with E-state index in [-0.39, 0.29) is 30.1 Å². The van der Waals surface area contributed by atoms with Crippen molar-refractivity contribution in [1.82, 2.24) is 19.8 Å². The van der Waals surface area contributed by atoms with Gasteiger partial charge in [0.2, 0.25) is 5.91 Å². The number of benzene rings is 2. The van der Waals surface area contributed by atoms with Crippen LogP contribution in [0.15, 0.2) is 72.9 Å². The molecule has 11 heteroatoms. The number of ether oxygens (including phenoxy) is 1. The lowest BCUT2D eigenvalue weighted by atomic mass is 9.96. The number of aromatic nitrogens is 2. The number of methoxy groups -OCH3 is 1. The second kappa shape index (κ2) is 12.0. The number of nitro benzene ring substituents is 1. The van der Waals surface area contributed by atoms with Crippen molar-refractivity contribution in [3.05, 3.63) is 111 Å². The molecule has 1 fully saturated rings. The normalized spacial score (nSPS) is 16.3. The van der Waals surface area contributed by atoms with E-state index in [1.54, 1.807) is 18.3 Å². The number of nitro groups is 1. The first-order valence-corrected chi connectivity index (χ1v) is 13.9. The van der Waals surface area contributed by atoms with Gasteiger partial charge in [-0.15, -0.1) is 0 Å². The number of thiocarbonyl (C=S) groups is 1. The molecule has 1 aliphatic rings. The summed E-state index contributed by atoms with van der Waals surface area (Å²) in [5.74, 6) is 0.284. The Kier molecular flexibility index (Phi) is 8.21. The maximum absolute atomic E-state index is 13.0. The number of carbonyl (C=O) groups is 1. The SMILES string of the molecule is COc1ccc(-n2c(C)cc([C@H]3[C@H](c4ccccn4)NC(=S)N3CCC(=O)Nc3cccc(C)c3)c2C)c([N+](=O)[O-])c1. The summed E-state index contributed by atoms with van der Waals surface area (Å²) >= 11 is 5.80. The van der Waals surface area contributed by atoms with E-state index in [4.69, 9.17) is 17.0 Å². The minimum absolute atomic E-state index is 0.0614. The third-order valence-electron chi connectivity index (χ3n) is 7.49. The lowest BCUT2D eigenvalue weighted by Gasteiger charge is -2.28. The van der Waals surface area contributed by atoms with Gasteiger partial charge in [0.1, 0.15) is 11.4 Å². The van der Waals surface area contributed by atoms with E-state index in [9.17, 15) is 14.9 Å². The number of nitrogens with zero attached hydrogens (tertiary/aromatic N) is 4. The molecule has 0 bridgehead atoms. The second-order valence-corrected chi connectivity index (χ2v) is 10.6. The lowest BCUT2D eigenvalue weighted by Crippen LogP contribution is -2.32. The molecular weight excluding hydrogens is 552 g/mol. The molecule has 3 heterocycles. The van der Waals surface area contributed by atoms with Crippen molar-refractivity contribution in [2.24, 2.45) is 0 Å². The third kappa shape index (κ3) is 5.68. The summed E-state index contributed by atoms with van der Waals surface area (Å²) in [7, 11) is 1.48. The highest BCUT2D eigenvalue weighted by Gasteiger charge is 2.41. The Hall–Kier alpha value is -4.77. The van der Waals surface area contributed by atoms with Gasteiger partial charge in [0, 0.05) is 36.2 Å². The van der Waals surface area contributed by atoms with Crippen LogP contribution in [-0.2, 0) is 4.79 Å². The van der Waals surface area contributed by atoms with Crippen LogP contribution in [0, 0.1) is 30.9 Å². The van der Waals surface area contributed by atoms with Crippen molar-refractivity contribution in [2.45, 2.75) is 39.3 Å². The van der Waals surface area contributed by atoms with Gasteiger partial charge in [-0.1, -0.05) is 18.2 Å². The topological polar surface area (TPSA) is 115 Å². The summed E-state index contributed by atoms with van der Waals surface area (Å²) < 4.78 is 7.12. The first-order valence-electron chi connectivity index (χ1n) is 13.5. The molecule has 0 radical (unpaired) electrons. The van der Waals surface area contributed by atoms with Gasteiger partial charge in [-0.05, 0) is 86.6 Å². The minimum Gasteiger partial charge on any atom is -0.496 e. The molecule has 2 N–H and O–H groups in total. The van der Waals surface area contributed by atoms with E-state index in [1.165, 1.54) is 13.2 Å². The lowest BCUT2D eigenvalue weighted by molar-refractivity contribution is -0.384. The fraction of sp³-hybridized carbons (Fsp3) is 0.258. The van der Waals surface area contributed by atoms with E-state index < -0.39 is 4.92 Å². The summed E-state index contributed by atoms with van der Waals surface area (Å²) in [5, 5.41) is 18.9. The molecule has 1 amide bonds. The van der Waals surface area contributed by atoms with E-state index in [0.717, 1.165) is 33.9 Å². The largest absolute Gasteiger partial charge is 0.496 e. The van der Waals surface area contributed by atoms with E-state index in [0.29, 0.717) is 23.1 Å². The number of hydrogen-bond acceptors (Lipinski definition) is 6. The maximum atomic E-state index is 13.0. The van der Waals surface area contributed by atoms with Gasteiger partial charge < -0.3 is 24.8 Å². The molecular formula is C31H32N6O4S. The van der Waals surface area contributed by atoms with Crippen LogP contribution in [0.2, 0.25) is 0 Å². The molecule has 10 nitrogen and oxygen atoms in total. The van der Waals surface area contributed by atoms with Crippen LogP contribution in [-0.4, -0.2) is 44.0 Å². The quantitative estimate of drug-likeness (QED) is 0.146. The highest BCUT2D eigenvalue weighted by Crippen LogP contribution is 2.42. The van der Waals surface area contributed by atoms with Crippen LogP contribution in [0.25, 0.3) is 5.69 Å². The Labute approximate surface area is 249 Å². The molecule has 0 saturated carbocycles. The minimum atomic E-state index is -0.404. The first kappa shape index (κ1) is 28.7. The number of pyridine rings is 1. The zero-order valence-electron chi connectivity index (χ0n) is 23.8. The van der Waals surface area contributed by atoms with Crippen LogP contribution in [0.3, 0.4) is 0 Å². The molecule has 5 rings (SSSR count). The van der Waals surface area contributed by atoms with Crippen molar-refractivity contribution >= 4 is 34.6 Å². The number of anilines is 1. The van der Waals surface area contributed by atoms with Crippen molar-refractivity contribution in [3.8, 4) is 11.4 Å². The molecule has 2 atom stereocenters. The second-order valence-electron chi connectivity index (χ2n) is 10.3.